The molecule has 0 radical (unpaired) electrons. The standard InChI is InChI=1S/C14H20N4O2/c1-4-18-13(16-10-17-18)9-20-14-11(8-15-2)6-5-7-12(14)19-3/h5-7,10,15H,4,8-9H2,1-3H3. The predicted molar refractivity (Wildman–Crippen MR) is 75.8 cm³/mol. The third-order valence-electron chi connectivity index (χ3n) is 2.99. The Labute approximate surface area is 118 Å². The molecule has 0 bridgehead atoms. The number of hydrogen-bond donors (Lipinski definition) is 1. The molecule has 0 spiro atoms. The van der Waals surface area contributed by atoms with Gasteiger partial charge in [0.15, 0.2) is 17.3 Å². The summed E-state index contributed by atoms with van der Waals surface area (Å²) in [6.07, 6.45) is 1.54. The molecule has 1 N–H and O–H groups in total. The molecule has 1 heterocycles. The van der Waals surface area contributed by atoms with Crippen LogP contribution in [0.4, 0.5) is 0 Å². The molecule has 0 saturated carbocycles. The normalized spacial score (nSPS) is 10.6. The monoisotopic (exact) mass is 276 g/mol. The second-order valence-corrected chi connectivity index (χ2v) is 4.26. The summed E-state index contributed by atoms with van der Waals surface area (Å²) in [5.41, 5.74) is 1.05. The summed E-state index contributed by atoms with van der Waals surface area (Å²) in [5.74, 6) is 2.27. The molecule has 6 nitrogen and oxygen atoms in total. The van der Waals surface area contributed by atoms with E-state index in [1.54, 1.807) is 13.4 Å². The van der Waals surface area contributed by atoms with Crippen LogP contribution in [0.3, 0.4) is 0 Å². The number of nitrogens with one attached hydrogen (secondary N) is 1. The maximum Gasteiger partial charge on any atom is 0.166 e. The van der Waals surface area contributed by atoms with E-state index in [1.165, 1.54) is 0 Å². The van der Waals surface area contributed by atoms with Gasteiger partial charge in [0.1, 0.15) is 12.9 Å². The van der Waals surface area contributed by atoms with Crippen LogP contribution in [0.25, 0.3) is 0 Å². The highest BCUT2D eigenvalue weighted by atomic mass is 16.5. The smallest absolute Gasteiger partial charge is 0.166 e. The molecular formula is C14H20N4O2. The molecule has 0 unspecified atom stereocenters. The topological polar surface area (TPSA) is 61.2 Å². The minimum absolute atomic E-state index is 0.366. The molecule has 20 heavy (non-hydrogen) atoms. The van der Waals surface area contributed by atoms with E-state index in [0.717, 1.165) is 29.4 Å². The average Bonchev–Trinajstić information content (AvgIpc) is 2.93. The van der Waals surface area contributed by atoms with Gasteiger partial charge in [0, 0.05) is 18.7 Å². The Balaban J connectivity index is 2.19. The number of nitrogens with zero attached hydrogens (tertiary/aromatic N) is 3. The summed E-state index contributed by atoms with van der Waals surface area (Å²) < 4.78 is 13.1. The van der Waals surface area contributed by atoms with E-state index in [2.05, 4.69) is 15.4 Å². The first-order valence-electron chi connectivity index (χ1n) is 6.60. The first kappa shape index (κ1) is 14.3. The minimum atomic E-state index is 0.366. The molecule has 0 aliphatic carbocycles. The van der Waals surface area contributed by atoms with Crippen LogP contribution in [-0.2, 0) is 19.7 Å². The molecule has 0 saturated heterocycles. The summed E-state index contributed by atoms with van der Waals surface area (Å²) in [6, 6.07) is 5.85. The Kier molecular flexibility index (Phi) is 4.95. The van der Waals surface area contributed by atoms with Crippen molar-refractivity contribution in [2.24, 2.45) is 0 Å². The van der Waals surface area contributed by atoms with Crippen molar-refractivity contribution < 1.29 is 9.47 Å². The van der Waals surface area contributed by atoms with Crippen molar-refractivity contribution in [2.75, 3.05) is 14.2 Å². The third kappa shape index (κ3) is 3.08. The van der Waals surface area contributed by atoms with Crippen LogP contribution in [0.5, 0.6) is 11.5 Å². The molecule has 108 valence electrons. The third-order valence-corrected chi connectivity index (χ3v) is 2.99. The van der Waals surface area contributed by atoms with E-state index in [4.69, 9.17) is 9.47 Å². The number of aromatic nitrogens is 3. The molecule has 2 aromatic rings. The molecule has 0 atom stereocenters. The van der Waals surface area contributed by atoms with Crippen molar-refractivity contribution in [3.63, 3.8) is 0 Å². The van der Waals surface area contributed by atoms with E-state index in [1.807, 2.05) is 36.9 Å². The molecule has 0 fully saturated rings. The number of rotatable bonds is 7. The van der Waals surface area contributed by atoms with Gasteiger partial charge >= 0.3 is 0 Å². The van der Waals surface area contributed by atoms with Crippen LogP contribution in [0.15, 0.2) is 24.5 Å². The summed E-state index contributed by atoms with van der Waals surface area (Å²) in [6.45, 7) is 3.87. The average molecular weight is 276 g/mol. The van der Waals surface area contributed by atoms with Gasteiger partial charge in [-0.15, -0.1) is 0 Å². The lowest BCUT2D eigenvalue weighted by atomic mass is 10.2. The number of methoxy groups -OCH3 is 1. The van der Waals surface area contributed by atoms with Crippen LogP contribution in [0.1, 0.15) is 18.3 Å². The Hall–Kier alpha value is -2.08. The highest BCUT2D eigenvalue weighted by Gasteiger charge is 2.12. The number of ether oxygens (including phenoxy) is 2. The van der Waals surface area contributed by atoms with Crippen molar-refractivity contribution in [1.29, 1.82) is 0 Å². The van der Waals surface area contributed by atoms with Crippen LogP contribution in [0.2, 0.25) is 0 Å². The fraction of sp³-hybridized carbons (Fsp3) is 0.429. The zero-order valence-electron chi connectivity index (χ0n) is 12.1. The minimum Gasteiger partial charge on any atom is -0.493 e. The summed E-state index contributed by atoms with van der Waals surface area (Å²) in [4.78, 5) is 4.20. The lowest BCUT2D eigenvalue weighted by molar-refractivity contribution is 0.266. The first-order valence-corrected chi connectivity index (χ1v) is 6.60. The van der Waals surface area contributed by atoms with E-state index in [-0.39, 0.29) is 0 Å². The van der Waals surface area contributed by atoms with Crippen LogP contribution < -0.4 is 14.8 Å². The summed E-state index contributed by atoms with van der Waals surface area (Å²) in [7, 11) is 3.54. The molecular weight excluding hydrogens is 256 g/mol. The highest BCUT2D eigenvalue weighted by Crippen LogP contribution is 2.31. The Morgan fingerprint density at radius 2 is 2.20 bits per heavy atom. The molecule has 0 amide bonds. The number of aryl methyl sites for hydroxylation is 1. The van der Waals surface area contributed by atoms with E-state index >= 15 is 0 Å². The maximum atomic E-state index is 5.91. The van der Waals surface area contributed by atoms with Gasteiger partial charge in [-0.2, -0.15) is 5.10 Å². The zero-order valence-corrected chi connectivity index (χ0v) is 12.1. The van der Waals surface area contributed by atoms with Gasteiger partial charge in [0.2, 0.25) is 0 Å². The molecule has 2 rings (SSSR count). The van der Waals surface area contributed by atoms with Crippen LogP contribution in [0, 0.1) is 0 Å². The molecule has 0 aliphatic rings. The van der Waals surface area contributed by atoms with E-state index in [0.29, 0.717) is 13.2 Å². The number of hydrogen-bond acceptors (Lipinski definition) is 5. The summed E-state index contributed by atoms with van der Waals surface area (Å²) in [5, 5.41) is 7.25. The van der Waals surface area contributed by atoms with Crippen LogP contribution >= 0.6 is 0 Å². The molecule has 1 aromatic heterocycles. The second-order valence-electron chi connectivity index (χ2n) is 4.26. The lowest BCUT2D eigenvalue weighted by Crippen LogP contribution is -2.11. The molecule has 6 heteroatoms. The van der Waals surface area contributed by atoms with Gasteiger partial charge in [-0.25, -0.2) is 9.67 Å². The van der Waals surface area contributed by atoms with Crippen molar-refractivity contribution in [2.45, 2.75) is 26.6 Å². The Morgan fingerprint density at radius 3 is 2.90 bits per heavy atom. The Bertz CT molecular complexity index is 554. The predicted octanol–water partition coefficient (Wildman–Crippen LogP) is 1.60. The van der Waals surface area contributed by atoms with E-state index in [9.17, 15) is 0 Å². The fourth-order valence-electron chi connectivity index (χ4n) is 2.02. The van der Waals surface area contributed by atoms with Crippen LogP contribution in [-0.4, -0.2) is 28.9 Å². The van der Waals surface area contributed by atoms with Crippen molar-refractivity contribution in [3.8, 4) is 11.5 Å². The number of para-hydroxylation sites is 1. The van der Waals surface area contributed by atoms with Gasteiger partial charge in [0.05, 0.1) is 7.11 Å². The van der Waals surface area contributed by atoms with Gasteiger partial charge in [-0.1, -0.05) is 12.1 Å². The van der Waals surface area contributed by atoms with Gasteiger partial charge in [-0.05, 0) is 20.0 Å². The quantitative estimate of drug-likeness (QED) is 0.832. The Morgan fingerprint density at radius 1 is 1.35 bits per heavy atom. The summed E-state index contributed by atoms with van der Waals surface area (Å²) >= 11 is 0. The fourth-order valence-corrected chi connectivity index (χ4v) is 2.02. The zero-order chi connectivity index (χ0) is 14.4. The SMILES string of the molecule is CCn1ncnc1COc1c(CNC)cccc1OC. The van der Waals surface area contributed by atoms with Gasteiger partial charge < -0.3 is 14.8 Å². The van der Waals surface area contributed by atoms with Gasteiger partial charge in [0.25, 0.3) is 0 Å². The van der Waals surface area contributed by atoms with Gasteiger partial charge in [-0.3, -0.25) is 0 Å². The second kappa shape index (κ2) is 6.91. The number of benzene rings is 1. The highest BCUT2D eigenvalue weighted by molar-refractivity contribution is 5.46. The van der Waals surface area contributed by atoms with Crippen molar-refractivity contribution in [3.05, 3.63) is 35.9 Å². The molecule has 1 aromatic carbocycles. The lowest BCUT2D eigenvalue weighted by Gasteiger charge is -2.14. The maximum absolute atomic E-state index is 5.91. The largest absolute Gasteiger partial charge is 0.493 e. The van der Waals surface area contributed by atoms with Crippen molar-refractivity contribution in [1.82, 2.24) is 20.1 Å². The first-order chi connectivity index (χ1) is 9.80. The van der Waals surface area contributed by atoms with E-state index < -0.39 is 0 Å². The molecule has 0 aliphatic heterocycles. The van der Waals surface area contributed by atoms with Crippen molar-refractivity contribution >= 4 is 0 Å².